The van der Waals surface area contributed by atoms with Crippen LogP contribution in [-0.2, 0) is 26.6 Å². The van der Waals surface area contributed by atoms with Gasteiger partial charge in [-0.15, -0.1) is 0 Å². The van der Waals surface area contributed by atoms with E-state index in [1.54, 1.807) is 50.7 Å². The SMILES string of the molecule is CNC(=O)c1cn(C)c2cc(N(CC(=O)OC(C)(C)C)S(=O)(=O)c3cc(Cl)cc(Cl)c3)ccc12. The van der Waals surface area contributed by atoms with E-state index < -0.39 is 28.1 Å². The Hall–Kier alpha value is -2.75. The molecule has 0 aliphatic carbocycles. The molecule has 11 heteroatoms. The average Bonchev–Trinajstić information content (AvgIpc) is 3.05. The van der Waals surface area contributed by atoms with Crippen molar-refractivity contribution < 1.29 is 22.7 Å². The van der Waals surface area contributed by atoms with Gasteiger partial charge in [0.1, 0.15) is 12.1 Å². The van der Waals surface area contributed by atoms with Crippen molar-refractivity contribution in [1.29, 1.82) is 0 Å². The summed E-state index contributed by atoms with van der Waals surface area (Å²) in [6, 6.07) is 8.69. The van der Waals surface area contributed by atoms with Crippen LogP contribution in [0.1, 0.15) is 31.1 Å². The van der Waals surface area contributed by atoms with E-state index in [1.165, 1.54) is 31.3 Å². The summed E-state index contributed by atoms with van der Waals surface area (Å²) in [5, 5.41) is 3.49. The number of ether oxygens (including phenoxy) is 1. The minimum absolute atomic E-state index is 0.136. The predicted octanol–water partition coefficient (Wildman–Crippen LogP) is 4.38. The highest BCUT2D eigenvalue weighted by Gasteiger charge is 2.30. The van der Waals surface area contributed by atoms with Crippen LogP contribution in [0, 0.1) is 0 Å². The minimum Gasteiger partial charge on any atom is -0.459 e. The highest BCUT2D eigenvalue weighted by Crippen LogP contribution is 2.31. The lowest BCUT2D eigenvalue weighted by Gasteiger charge is -2.26. The standard InChI is InChI=1S/C23H25Cl2N3O5S/c1-23(2,3)33-21(29)13-28(34(31,32)17-9-14(24)8-15(25)10-17)16-6-7-18-19(22(30)26-4)12-27(5)20(18)11-16/h6-12H,13H2,1-5H3,(H,26,30). The van der Waals surface area contributed by atoms with Crippen LogP contribution >= 0.6 is 23.2 Å². The zero-order valence-corrected chi connectivity index (χ0v) is 21.7. The summed E-state index contributed by atoms with van der Waals surface area (Å²) in [5.41, 5.74) is 0.439. The Balaban J connectivity index is 2.17. The van der Waals surface area contributed by atoms with E-state index in [1.807, 2.05) is 0 Å². The van der Waals surface area contributed by atoms with E-state index in [0.717, 1.165) is 4.31 Å². The number of hydrogen-bond donors (Lipinski definition) is 1. The monoisotopic (exact) mass is 525 g/mol. The molecule has 182 valence electrons. The molecular weight excluding hydrogens is 501 g/mol. The number of amides is 1. The number of fused-ring (bicyclic) bond motifs is 1. The van der Waals surface area contributed by atoms with Crippen LogP contribution in [0.5, 0.6) is 0 Å². The first-order valence-electron chi connectivity index (χ1n) is 10.2. The molecule has 1 heterocycles. The van der Waals surface area contributed by atoms with Crippen molar-refractivity contribution in [2.75, 3.05) is 17.9 Å². The number of benzene rings is 2. The van der Waals surface area contributed by atoms with Crippen LogP contribution < -0.4 is 9.62 Å². The van der Waals surface area contributed by atoms with E-state index >= 15 is 0 Å². The summed E-state index contributed by atoms with van der Waals surface area (Å²) in [4.78, 5) is 24.7. The number of esters is 1. The maximum absolute atomic E-state index is 13.6. The van der Waals surface area contributed by atoms with Gasteiger partial charge in [-0.1, -0.05) is 23.2 Å². The maximum atomic E-state index is 13.6. The number of carbonyl (C=O) groups excluding carboxylic acids is 2. The first-order valence-corrected chi connectivity index (χ1v) is 12.4. The summed E-state index contributed by atoms with van der Waals surface area (Å²) >= 11 is 12.1. The number of anilines is 1. The van der Waals surface area contributed by atoms with E-state index in [0.29, 0.717) is 16.5 Å². The Morgan fingerprint density at radius 3 is 2.26 bits per heavy atom. The van der Waals surface area contributed by atoms with E-state index in [9.17, 15) is 18.0 Å². The second-order valence-electron chi connectivity index (χ2n) is 8.64. The normalized spacial score (nSPS) is 12.0. The van der Waals surface area contributed by atoms with Gasteiger partial charge in [0.2, 0.25) is 0 Å². The Kier molecular flexibility index (Phi) is 7.21. The molecule has 3 rings (SSSR count). The Bertz CT molecular complexity index is 1360. The van der Waals surface area contributed by atoms with Crippen molar-refractivity contribution >= 4 is 61.7 Å². The molecule has 0 spiro atoms. The third-order valence-electron chi connectivity index (χ3n) is 4.85. The van der Waals surface area contributed by atoms with Gasteiger partial charge in [-0.2, -0.15) is 0 Å². The summed E-state index contributed by atoms with van der Waals surface area (Å²) in [6.45, 7) is 4.49. The lowest BCUT2D eigenvalue weighted by atomic mass is 10.1. The molecule has 0 bridgehead atoms. The largest absolute Gasteiger partial charge is 0.459 e. The quantitative estimate of drug-likeness (QED) is 0.481. The fourth-order valence-electron chi connectivity index (χ4n) is 3.45. The van der Waals surface area contributed by atoms with E-state index in [-0.39, 0.29) is 26.5 Å². The van der Waals surface area contributed by atoms with Gasteiger partial charge in [-0.05, 0) is 57.2 Å². The predicted molar refractivity (Wildman–Crippen MR) is 133 cm³/mol. The molecule has 34 heavy (non-hydrogen) atoms. The topological polar surface area (TPSA) is 97.7 Å². The van der Waals surface area contributed by atoms with Crippen molar-refractivity contribution in [1.82, 2.24) is 9.88 Å². The molecule has 0 unspecified atom stereocenters. The number of nitrogens with zero attached hydrogens (tertiary/aromatic N) is 2. The molecule has 0 aliphatic heterocycles. The summed E-state index contributed by atoms with van der Waals surface area (Å²) in [6.07, 6.45) is 1.65. The first-order chi connectivity index (χ1) is 15.7. The highest BCUT2D eigenvalue weighted by molar-refractivity contribution is 7.92. The van der Waals surface area contributed by atoms with Gasteiger partial charge in [0.05, 0.1) is 21.7 Å². The van der Waals surface area contributed by atoms with Gasteiger partial charge < -0.3 is 14.6 Å². The van der Waals surface area contributed by atoms with Crippen LogP contribution in [0.3, 0.4) is 0 Å². The molecule has 1 amide bonds. The number of rotatable bonds is 6. The summed E-state index contributed by atoms with van der Waals surface area (Å²) in [7, 11) is -1.00. The number of aryl methyl sites for hydroxylation is 1. The Labute approximate surface area is 208 Å². The lowest BCUT2D eigenvalue weighted by Crippen LogP contribution is -2.39. The first kappa shape index (κ1) is 25.9. The van der Waals surface area contributed by atoms with Gasteiger partial charge in [-0.25, -0.2) is 8.42 Å². The van der Waals surface area contributed by atoms with Gasteiger partial charge >= 0.3 is 5.97 Å². The molecule has 0 saturated carbocycles. The molecule has 1 aromatic heterocycles. The second-order valence-corrected chi connectivity index (χ2v) is 11.4. The van der Waals surface area contributed by atoms with E-state index in [2.05, 4.69) is 5.32 Å². The number of aromatic nitrogens is 1. The second kappa shape index (κ2) is 9.48. The molecule has 0 saturated heterocycles. The van der Waals surface area contributed by atoms with Crippen molar-refractivity contribution in [2.45, 2.75) is 31.3 Å². The van der Waals surface area contributed by atoms with Crippen LogP contribution in [-0.4, -0.2) is 44.1 Å². The zero-order chi connectivity index (χ0) is 25.4. The Morgan fingerprint density at radius 1 is 1.09 bits per heavy atom. The minimum atomic E-state index is -4.27. The number of hydrogen-bond acceptors (Lipinski definition) is 5. The van der Waals surface area contributed by atoms with Crippen LogP contribution in [0.25, 0.3) is 10.9 Å². The maximum Gasteiger partial charge on any atom is 0.327 e. The van der Waals surface area contributed by atoms with Gasteiger partial charge in [-0.3, -0.25) is 13.9 Å². The molecule has 0 radical (unpaired) electrons. The number of carbonyl (C=O) groups is 2. The van der Waals surface area contributed by atoms with Gasteiger partial charge in [0, 0.05) is 35.7 Å². The Morgan fingerprint density at radius 2 is 1.71 bits per heavy atom. The number of halogens is 2. The smallest absolute Gasteiger partial charge is 0.327 e. The molecule has 1 N–H and O–H groups in total. The fraction of sp³-hybridized carbons (Fsp3) is 0.304. The molecule has 3 aromatic rings. The molecular formula is C23H25Cl2N3O5S. The highest BCUT2D eigenvalue weighted by atomic mass is 35.5. The third kappa shape index (κ3) is 5.48. The van der Waals surface area contributed by atoms with Crippen molar-refractivity contribution in [3.05, 3.63) is 58.2 Å². The molecule has 0 atom stereocenters. The molecule has 0 aliphatic rings. The molecule has 0 fully saturated rings. The lowest BCUT2D eigenvalue weighted by molar-refractivity contribution is -0.152. The molecule has 8 nitrogen and oxygen atoms in total. The van der Waals surface area contributed by atoms with Crippen LogP contribution in [0.2, 0.25) is 10.0 Å². The number of sulfonamides is 1. The van der Waals surface area contributed by atoms with Gasteiger partial charge in [0.15, 0.2) is 0 Å². The van der Waals surface area contributed by atoms with Crippen LogP contribution in [0.4, 0.5) is 5.69 Å². The third-order valence-corrected chi connectivity index (χ3v) is 7.04. The molecule has 2 aromatic carbocycles. The summed E-state index contributed by atoms with van der Waals surface area (Å²) < 4.78 is 35.3. The zero-order valence-electron chi connectivity index (χ0n) is 19.3. The van der Waals surface area contributed by atoms with Gasteiger partial charge in [0.25, 0.3) is 15.9 Å². The average molecular weight is 526 g/mol. The number of nitrogens with one attached hydrogen (secondary N) is 1. The summed E-state index contributed by atoms with van der Waals surface area (Å²) in [5.74, 6) is -1.01. The van der Waals surface area contributed by atoms with Crippen molar-refractivity contribution in [2.24, 2.45) is 7.05 Å². The van der Waals surface area contributed by atoms with Crippen LogP contribution in [0.15, 0.2) is 47.5 Å². The van der Waals surface area contributed by atoms with Crippen molar-refractivity contribution in [3.63, 3.8) is 0 Å². The fourth-order valence-corrected chi connectivity index (χ4v) is 5.58. The van der Waals surface area contributed by atoms with E-state index in [4.69, 9.17) is 27.9 Å². The van der Waals surface area contributed by atoms with Crippen molar-refractivity contribution in [3.8, 4) is 0 Å².